The van der Waals surface area contributed by atoms with Crippen molar-refractivity contribution in [1.29, 1.82) is 0 Å². The highest BCUT2D eigenvalue weighted by atomic mass is 32.2. The zero-order chi connectivity index (χ0) is 25.2. The van der Waals surface area contributed by atoms with Crippen molar-refractivity contribution in [3.8, 4) is 17.2 Å². The highest BCUT2D eigenvalue weighted by Gasteiger charge is 2.32. The molecule has 1 N–H and O–H groups in total. The lowest BCUT2D eigenvalue weighted by atomic mass is 10.1. The number of oxazole rings is 1. The summed E-state index contributed by atoms with van der Waals surface area (Å²) in [5.74, 6) is 0.640. The van der Waals surface area contributed by atoms with E-state index in [9.17, 15) is 9.59 Å². The highest BCUT2D eigenvalue weighted by Crippen LogP contribution is 2.32. The van der Waals surface area contributed by atoms with E-state index < -0.39 is 12.4 Å². The first-order valence-corrected chi connectivity index (χ1v) is 12.7. The second-order valence-corrected chi connectivity index (χ2v) is 10.2. The average Bonchev–Trinajstić information content (AvgIpc) is 3.58. The summed E-state index contributed by atoms with van der Waals surface area (Å²) in [5, 5.41) is 11.3. The van der Waals surface area contributed by atoms with E-state index in [1.807, 2.05) is 31.4 Å². The minimum atomic E-state index is -1.40. The van der Waals surface area contributed by atoms with Gasteiger partial charge >= 0.3 is 6.16 Å². The molecular formula is C23H21N5O6S2. The number of amides is 1. The maximum Gasteiger partial charge on any atom is 0.507 e. The van der Waals surface area contributed by atoms with Gasteiger partial charge in [0.2, 0.25) is 5.89 Å². The number of hydrogen-bond acceptors (Lipinski definition) is 11. The van der Waals surface area contributed by atoms with E-state index >= 15 is 0 Å². The molecule has 11 nitrogen and oxygen atoms in total. The summed E-state index contributed by atoms with van der Waals surface area (Å²) < 4.78 is 17.4. The largest absolute Gasteiger partial charge is 0.507 e. The zero-order valence-corrected chi connectivity index (χ0v) is 21.0. The summed E-state index contributed by atoms with van der Waals surface area (Å²) >= 11 is 2.86. The molecule has 0 saturated carbocycles. The number of thiazole rings is 1. The molecule has 1 aromatic carbocycles. The van der Waals surface area contributed by atoms with Gasteiger partial charge in [0.15, 0.2) is 22.3 Å². The molecule has 4 aromatic rings. The monoisotopic (exact) mass is 527 g/mol. The first-order chi connectivity index (χ1) is 17.4. The number of benzene rings is 1. The van der Waals surface area contributed by atoms with Crippen LogP contribution in [0.1, 0.15) is 24.0 Å². The molecule has 0 unspecified atom stereocenters. The van der Waals surface area contributed by atoms with Crippen LogP contribution >= 0.6 is 23.1 Å². The summed E-state index contributed by atoms with van der Waals surface area (Å²) in [4.78, 5) is 42.4. The Bertz CT molecular complexity index is 1400. The van der Waals surface area contributed by atoms with Gasteiger partial charge in [-0.05, 0) is 55.3 Å². The lowest BCUT2D eigenvalue weighted by molar-refractivity contribution is -0.141. The van der Waals surface area contributed by atoms with Crippen molar-refractivity contribution < 1.29 is 28.6 Å². The van der Waals surface area contributed by atoms with Crippen LogP contribution in [0.4, 0.5) is 4.79 Å². The predicted molar refractivity (Wildman–Crippen MR) is 130 cm³/mol. The molecule has 5 rings (SSSR count). The molecule has 0 bridgehead atoms. The van der Waals surface area contributed by atoms with E-state index in [0.29, 0.717) is 47.4 Å². The van der Waals surface area contributed by atoms with Crippen molar-refractivity contribution in [2.45, 2.75) is 42.4 Å². The first-order valence-electron chi connectivity index (χ1n) is 11.0. The van der Waals surface area contributed by atoms with Crippen molar-refractivity contribution in [1.82, 2.24) is 24.8 Å². The van der Waals surface area contributed by atoms with Gasteiger partial charge in [-0.2, -0.15) is 4.98 Å². The molecule has 0 radical (unpaired) electrons. The number of aryl methyl sites for hydroxylation is 2. The normalized spacial score (nSPS) is 15.4. The Hall–Kier alpha value is -3.71. The molecule has 4 heterocycles. The van der Waals surface area contributed by atoms with Crippen molar-refractivity contribution in [3.05, 3.63) is 41.0 Å². The predicted octanol–water partition coefficient (Wildman–Crippen LogP) is 4.53. The number of carbonyl (C=O) groups excluding carboxylic acids is 1. The number of rotatable bonds is 7. The topological polar surface area (TPSA) is 141 Å². The van der Waals surface area contributed by atoms with Crippen LogP contribution in [0.5, 0.6) is 5.75 Å². The Labute approximate surface area is 213 Å². The number of carboxylic acid groups (broad SMARTS) is 1. The van der Waals surface area contributed by atoms with E-state index in [4.69, 9.17) is 19.0 Å². The third-order valence-corrected chi connectivity index (χ3v) is 7.28. The van der Waals surface area contributed by atoms with Crippen LogP contribution in [0.2, 0.25) is 0 Å². The van der Waals surface area contributed by atoms with Gasteiger partial charge < -0.3 is 23.9 Å². The molecule has 13 heteroatoms. The number of nitrogens with zero attached hydrogens (tertiary/aromatic N) is 5. The molecule has 1 saturated heterocycles. The van der Waals surface area contributed by atoms with Gasteiger partial charge in [0.1, 0.15) is 11.3 Å². The summed E-state index contributed by atoms with van der Waals surface area (Å²) in [5.41, 5.74) is 3.25. The number of carbonyl (C=O) groups is 2. The van der Waals surface area contributed by atoms with Crippen molar-refractivity contribution >= 4 is 46.4 Å². The smallest absolute Gasteiger partial charge is 0.483 e. The standard InChI is InChI=1S/C23H21N5O6S2/c1-12-8-14(19-26-15-10-25-21(27-20(15)34-19)36-22-24-5-7-35-22)9-13(2)18(12)32-11-16(29)28-6-3-4-17(28)33-23(30)31/h5,7-10,17H,3-4,6,11H2,1-2H3,(H,30,31)/t17-/m0/s1. The SMILES string of the molecule is Cc1cc(-c2nc3cnc(Sc4nccs4)nc3o2)cc(C)c1OCC(=O)N1CCC[C@@H]1OC(=O)O. The van der Waals surface area contributed by atoms with Gasteiger partial charge in [-0.15, -0.1) is 11.3 Å². The van der Waals surface area contributed by atoms with Crippen molar-refractivity contribution in [3.63, 3.8) is 0 Å². The molecule has 3 aromatic heterocycles. The fourth-order valence-corrected chi connectivity index (χ4v) is 5.46. The molecule has 1 aliphatic rings. The number of likely N-dealkylation sites (tertiary alicyclic amines) is 1. The highest BCUT2D eigenvalue weighted by molar-refractivity contribution is 8.00. The third kappa shape index (κ3) is 5.11. The van der Waals surface area contributed by atoms with Crippen LogP contribution in [0.15, 0.2) is 43.8 Å². The van der Waals surface area contributed by atoms with Crippen LogP contribution in [-0.4, -0.2) is 61.4 Å². The van der Waals surface area contributed by atoms with Crippen LogP contribution < -0.4 is 4.74 Å². The van der Waals surface area contributed by atoms with Crippen molar-refractivity contribution in [2.75, 3.05) is 13.2 Å². The molecule has 1 amide bonds. The van der Waals surface area contributed by atoms with Crippen LogP contribution in [0, 0.1) is 13.8 Å². The quantitative estimate of drug-likeness (QED) is 0.268. The minimum Gasteiger partial charge on any atom is -0.483 e. The zero-order valence-electron chi connectivity index (χ0n) is 19.3. The Kier molecular flexibility index (Phi) is 6.74. The maximum atomic E-state index is 12.6. The van der Waals surface area contributed by atoms with E-state index in [1.54, 1.807) is 12.4 Å². The van der Waals surface area contributed by atoms with Gasteiger partial charge in [0.25, 0.3) is 11.6 Å². The van der Waals surface area contributed by atoms with Gasteiger partial charge in [-0.25, -0.2) is 19.7 Å². The van der Waals surface area contributed by atoms with Gasteiger partial charge in [0.05, 0.1) is 6.20 Å². The first kappa shape index (κ1) is 24.0. The van der Waals surface area contributed by atoms with Gasteiger partial charge in [-0.3, -0.25) is 4.79 Å². The van der Waals surface area contributed by atoms with Crippen LogP contribution in [-0.2, 0) is 9.53 Å². The minimum absolute atomic E-state index is 0.224. The second kappa shape index (κ2) is 10.1. The average molecular weight is 528 g/mol. The molecule has 0 spiro atoms. The summed E-state index contributed by atoms with van der Waals surface area (Å²) in [6, 6.07) is 3.73. The second-order valence-electron chi connectivity index (χ2n) is 8.06. The molecule has 186 valence electrons. The summed E-state index contributed by atoms with van der Waals surface area (Å²) in [7, 11) is 0. The fraction of sp³-hybridized carbons (Fsp3) is 0.304. The molecule has 1 aliphatic heterocycles. The number of hydrogen-bond donors (Lipinski definition) is 1. The Morgan fingerprint density at radius 3 is 2.78 bits per heavy atom. The molecule has 1 fully saturated rings. The lowest BCUT2D eigenvalue weighted by Gasteiger charge is -2.23. The molecular weight excluding hydrogens is 506 g/mol. The Morgan fingerprint density at radius 1 is 1.25 bits per heavy atom. The van der Waals surface area contributed by atoms with Gasteiger partial charge in [0, 0.05) is 30.1 Å². The maximum absolute atomic E-state index is 12.6. The summed E-state index contributed by atoms with van der Waals surface area (Å²) in [6.07, 6.45) is 2.33. The van der Waals surface area contributed by atoms with Crippen molar-refractivity contribution in [2.24, 2.45) is 0 Å². The van der Waals surface area contributed by atoms with E-state index in [-0.39, 0.29) is 12.5 Å². The number of aromatic nitrogens is 4. The Balaban J connectivity index is 1.30. The van der Waals surface area contributed by atoms with E-state index in [2.05, 4.69) is 19.9 Å². The summed E-state index contributed by atoms with van der Waals surface area (Å²) in [6.45, 7) is 3.95. The molecule has 0 aliphatic carbocycles. The van der Waals surface area contributed by atoms with Crippen LogP contribution in [0.3, 0.4) is 0 Å². The number of ether oxygens (including phenoxy) is 2. The Morgan fingerprint density at radius 2 is 2.06 bits per heavy atom. The van der Waals surface area contributed by atoms with Crippen LogP contribution in [0.25, 0.3) is 22.7 Å². The van der Waals surface area contributed by atoms with E-state index in [0.717, 1.165) is 21.0 Å². The van der Waals surface area contributed by atoms with Gasteiger partial charge in [-0.1, -0.05) is 0 Å². The lowest BCUT2D eigenvalue weighted by Crippen LogP contribution is -2.40. The molecule has 36 heavy (non-hydrogen) atoms. The van der Waals surface area contributed by atoms with E-state index in [1.165, 1.54) is 28.0 Å². The third-order valence-electron chi connectivity index (χ3n) is 5.52. The fourth-order valence-electron chi connectivity index (χ4n) is 4.01. The molecule has 1 atom stereocenters. The number of fused-ring (bicyclic) bond motifs is 1.